The quantitative estimate of drug-likeness (QED) is 0.917. The van der Waals surface area contributed by atoms with E-state index < -0.39 is 0 Å². The van der Waals surface area contributed by atoms with Crippen molar-refractivity contribution in [3.63, 3.8) is 0 Å². The number of benzene rings is 1. The van der Waals surface area contributed by atoms with E-state index in [9.17, 15) is 0 Å². The molecule has 0 radical (unpaired) electrons. The van der Waals surface area contributed by atoms with Gasteiger partial charge in [-0.05, 0) is 18.6 Å². The van der Waals surface area contributed by atoms with Gasteiger partial charge >= 0.3 is 0 Å². The summed E-state index contributed by atoms with van der Waals surface area (Å²) in [5, 5.41) is 5.60. The summed E-state index contributed by atoms with van der Waals surface area (Å²) in [6.45, 7) is 3.49. The molecule has 2 nitrogen and oxygen atoms in total. The fourth-order valence-electron chi connectivity index (χ4n) is 1.47. The molecule has 1 aromatic carbocycles. The minimum absolute atomic E-state index is 0.594. The molecule has 0 unspecified atom stereocenters. The van der Waals surface area contributed by atoms with E-state index in [1.165, 1.54) is 4.88 Å². The highest BCUT2D eigenvalue weighted by molar-refractivity contribution is 7.11. The lowest BCUT2D eigenvalue weighted by Gasteiger charge is -2.06. The van der Waals surface area contributed by atoms with Gasteiger partial charge in [-0.25, -0.2) is 4.98 Å². The molecule has 2 rings (SSSR count). The van der Waals surface area contributed by atoms with Crippen LogP contribution in [-0.2, 0) is 13.1 Å². The van der Waals surface area contributed by atoms with Gasteiger partial charge in [0.2, 0.25) is 0 Å². The second-order valence-electron chi connectivity index (χ2n) is 3.68. The van der Waals surface area contributed by atoms with E-state index in [1.54, 1.807) is 17.4 Å². The second-order valence-corrected chi connectivity index (χ2v) is 5.79. The number of rotatable bonds is 4. The third-order valence-corrected chi connectivity index (χ3v) is 4.06. The summed E-state index contributed by atoms with van der Waals surface area (Å²) in [5.74, 6) is 0. The van der Waals surface area contributed by atoms with Crippen LogP contribution >= 0.6 is 34.5 Å². The number of nitrogens with one attached hydrogen (secondary N) is 1. The van der Waals surface area contributed by atoms with Gasteiger partial charge in [0.25, 0.3) is 0 Å². The maximum atomic E-state index is 6.09. The minimum atomic E-state index is 0.594. The monoisotopic (exact) mass is 286 g/mol. The van der Waals surface area contributed by atoms with E-state index >= 15 is 0 Å². The van der Waals surface area contributed by atoms with Crippen LogP contribution in [0.1, 0.15) is 15.4 Å². The van der Waals surface area contributed by atoms with Crippen LogP contribution in [0.2, 0.25) is 10.0 Å². The smallest absolute Gasteiger partial charge is 0.107 e. The first-order chi connectivity index (χ1) is 8.16. The topological polar surface area (TPSA) is 24.9 Å². The molecule has 0 bridgehead atoms. The Balaban J connectivity index is 1.92. The van der Waals surface area contributed by atoms with E-state index in [-0.39, 0.29) is 0 Å². The zero-order valence-corrected chi connectivity index (χ0v) is 11.7. The Morgan fingerprint density at radius 2 is 2.12 bits per heavy atom. The number of aromatic nitrogens is 1. The van der Waals surface area contributed by atoms with Gasteiger partial charge in [0.15, 0.2) is 0 Å². The van der Waals surface area contributed by atoms with Crippen molar-refractivity contribution < 1.29 is 0 Å². The van der Waals surface area contributed by atoms with E-state index in [4.69, 9.17) is 23.2 Å². The van der Waals surface area contributed by atoms with Gasteiger partial charge in [0.1, 0.15) is 5.01 Å². The standard InChI is InChI=1S/C12H12Cl2N2S/c1-8-5-16-11(17-8)7-15-6-9-3-2-4-10(13)12(9)14/h2-5,15H,6-7H2,1H3. The second kappa shape index (κ2) is 5.83. The third-order valence-electron chi connectivity index (χ3n) is 2.29. The molecule has 1 heterocycles. The Kier molecular flexibility index (Phi) is 4.40. The molecule has 2 aromatic rings. The van der Waals surface area contributed by atoms with Crippen LogP contribution in [0.3, 0.4) is 0 Å². The van der Waals surface area contributed by atoms with Gasteiger partial charge < -0.3 is 5.32 Å². The molecule has 0 saturated heterocycles. The maximum absolute atomic E-state index is 6.09. The number of halogens is 2. The molecule has 0 fully saturated rings. The lowest BCUT2D eigenvalue weighted by atomic mass is 10.2. The molecule has 0 aliphatic rings. The number of hydrogen-bond donors (Lipinski definition) is 1. The molecule has 0 aliphatic heterocycles. The predicted molar refractivity (Wildman–Crippen MR) is 73.9 cm³/mol. The summed E-state index contributed by atoms with van der Waals surface area (Å²) in [7, 11) is 0. The van der Waals surface area contributed by atoms with Gasteiger partial charge in [0, 0.05) is 24.2 Å². The Morgan fingerprint density at radius 3 is 2.82 bits per heavy atom. The largest absolute Gasteiger partial charge is 0.306 e. The predicted octanol–water partition coefficient (Wildman–Crippen LogP) is 4.05. The number of aryl methyl sites for hydroxylation is 1. The summed E-state index contributed by atoms with van der Waals surface area (Å²) in [5.41, 5.74) is 1.01. The van der Waals surface area contributed by atoms with Crippen LogP contribution < -0.4 is 5.32 Å². The Bertz CT molecular complexity index is 511. The molecular weight excluding hydrogens is 275 g/mol. The molecule has 1 N–H and O–H groups in total. The molecule has 0 saturated carbocycles. The highest BCUT2D eigenvalue weighted by Crippen LogP contribution is 2.25. The molecule has 0 spiro atoms. The van der Waals surface area contributed by atoms with Crippen LogP contribution in [0.25, 0.3) is 0 Å². The van der Waals surface area contributed by atoms with Crippen LogP contribution in [0, 0.1) is 6.92 Å². The van der Waals surface area contributed by atoms with Crippen molar-refractivity contribution in [1.82, 2.24) is 10.3 Å². The van der Waals surface area contributed by atoms with E-state index in [1.807, 2.05) is 18.3 Å². The molecule has 90 valence electrons. The van der Waals surface area contributed by atoms with Crippen molar-refractivity contribution in [2.24, 2.45) is 0 Å². The number of hydrogen-bond acceptors (Lipinski definition) is 3. The third kappa shape index (κ3) is 3.42. The SMILES string of the molecule is Cc1cnc(CNCc2cccc(Cl)c2Cl)s1. The van der Waals surface area contributed by atoms with Crippen LogP contribution in [0.4, 0.5) is 0 Å². The first-order valence-electron chi connectivity index (χ1n) is 5.21. The maximum Gasteiger partial charge on any atom is 0.107 e. The molecule has 0 amide bonds. The minimum Gasteiger partial charge on any atom is -0.306 e. The summed E-state index contributed by atoms with van der Waals surface area (Å²) in [6, 6.07) is 5.66. The first kappa shape index (κ1) is 12.8. The lowest BCUT2D eigenvalue weighted by molar-refractivity contribution is 0.690. The van der Waals surface area contributed by atoms with Crippen molar-refractivity contribution in [2.45, 2.75) is 20.0 Å². The van der Waals surface area contributed by atoms with Crippen molar-refractivity contribution in [1.29, 1.82) is 0 Å². The Morgan fingerprint density at radius 1 is 1.29 bits per heavy atom. The molecular formula is C12H12Cl2N2S. The zero-order valence-electron chi connectivity index (χ0n) is 9.34. The molecule has 1 aromatic heterocycles. The Hall–Kier alpha value is -0.610. The number of thiazole rings is 1. The molecule has 5 heteroatoms. The van der Waals surface area contributed by atoms with E-state index in [2.05, 4.69) is 17.2 Å². The van der Waals surface area contributed by atoms with Crippen LogP contribution in [-0.4, -0.2) is 4.98 Å². The van der Waals surface area contributed by atoms with E-state index in [0.29, 0.717) is 16.6 Å². The van der Waals surface area contributed by atoms with Gasteiger partial charge in [-0.1, -0.05) is 35.3 Å². The summed E-state index contributed by atoms with van der Waals surface area (Å²) < 4.78 is 0. The fraction of sp³-hybridized carbons (Fsp3) is 0.250. The summed E-state index contributed by atoms with van der Waals surface area (Å²) in [4.78, 5) is 5.51. The van der Waals surface area contributed by atoms with E-state index in [0.717, 1.165) is 17.1 Å². The van der Waals surface area contributed by atoms with Gasteiger partial charge in [-0.2, -0.15) is 0 Å². The molecule has 17 heavy (non-hydrogen) atoms. The van der Waals surface area contributed by atoms with Crippen molar-refractivity contribution in [3.05, 3.63) is 49.9 Å². The summed E-state index contributed by atoms with van der Waals surface area (Å²) >= 11 is 13.7. The van der Waals surface area contributed by atoms with Crippen molar-refractivity contribution in [2.75, 3.05) is 0 Å². The average Bonchev–Trinajstić information content (AvgIpc) is 2.70. The highest BCUT2D eigenvalue weighted by atomic mass is 35.5. The molecule has 0 aliphatic carbocycles. The highest BCUT2D eigenvalue weighted by Gasteiger charge is 2.04. The van der Waals surface area contributed by atoms with Crippen LogP contribution in [0.5, 0.6) is 0 Å². The first-order valence-corrected chi connectivity index (χ1v) is 6.79. The normalized spacial score (nSPS) is 10.8. The van der Waals surface area contributed by atoms with Gasteiger partial charge in [-0.15, -0.1) is 11.3 Å². The summed E-state index contributed by atoms with van der Waals surface area (Å²) in [6.07, 6.45) is 1.88. The van der Waals surface area contributed by atoms with Gasteiger partial charge in [-0.3, -0.25) is 0 Å². The fourth-order valence-corrected chi connectivity index (χ4v) is 2.62. The average molecular weight is 287 g/mol. The van der Waals surface area contributed by atoms with Gasteiger partial charge in [0.05, 0.1) is 10.0 Å². The van der Waals surface area contributed by atoms with Crippen LogP contribution in [0.15, 0.2) is 24.4 Å². The molecule has 0 atom stereocenters. The van der Waals surface area contributed by atoms with Crippen molar-refractivity contribution >= 4 is 34.5 Å². The zero-order chi connectivity index (χ0) is 12.3. The lowest BCUT2D eigenvalue weighted by Crippen LogP contribution is -2.12. The number of nitrogens with zero attached hydrogens (tertiary/aromatic N) is 1. The Labute approximate surface area is 115 Å². The van der Waals surface area contributed by atoms with Crippen molar-refractivity contribution in [3.8, 4) is 0 Å².